The Morgan fingerprint density at radius 2 is 2.04 bits per heavy atom. The third-order valence-electron chi connectivity index (χ3n) is 4.14. The molecule has 6 heteroatoms. The van der Waals surface area contributed by atoms with Crippen molar-refractivity contribution in [1.29, 1.82) is 0 Å². The first-order valence-corrected chi connectivity index (χ1v) is 9.27. The number of amidine groups is 1. The van der Waals surface area contributed by atoms with Crippen molar-refractivity contribution in [2.45, 2.75) is 38.0 Å². The summed E-state index contributed by atoms with van der Waals surface area (Å²) in [6.07, 6.45) is 1.03. The first-order valence-electron chi connectivity index (χ1n) is 8.39. The lowest BCUT2D eigenvalue weighted by Gasteiger charge is -2.10. The number of amides is 2. The highest BCUT2D eigenvalue weighted by Crippen LogP contribution is 2.26. The minimum absolute atomic E-state index is 0.124. The molecule has 0 radical (unpaired) electrons. The molecular formula is C19H21N3O2S. The lowest BCUT2D eigenvalue weighted by Crippen LogP contribution is -2.28. The Hall–Kier alpha value is -2.34. The maximum Gasteiger partial charge on any atom is 0.240 e. The van der Waals surface area contributed by atoms with Gasteiger partial charge in [0, 0.05) is 23.5 Å². The molecule has 2 atom stereocenters. The van der Waals surface area contributed by atoms with Gasteiger partial charge in [-0.25, -0.2) is 0 Å². The van der Waals surface area contributed by atoms with Crippen LogP contribution in [-0.4, -0.2) is 28.3 Å². The monoisotopic (exact) mass is 355 g/mol. The molecule has 1 fully saturated rings. The zero-order valence-electron chi connectivity index (χ0n) is 14.3. The molecule has 0 spiro atoms. The standard InChI is InChI=1S/C19H21N3O2S/c1-3-12(2)20-19-22-18(24)16(25-19)11-17(23)21-15-10-6-8-13-7-4-5-9-14(13)15/h4-10,12,16H,3,11H2,1-2H3,(H,21,23)(H,20,22,24). The van der Waals surface area contributed by atoms with Crippen LogP contribution in [0.3, 0.4) is 0 Å². The van der Waals surface area contributed by atoms with Gasteiger partial charge in [-0.15, -0.1) is 0 Å². The maximum atomic E-state index is 12.4. The summed E-state index contributed by atoms with van der Waals surface area (Å²) >= 11 is 1.33. The van der Waals surface area contributed by atoms with E-state index in [0.717, 1.165) is 22.9 Å². The smallest absolute Gasteiger partial charge is 0.240 e. The number of aliphatic imine (C=N–C) groups is 1. The van der Waals surface area contributed by atoms with Crippen molar-refractivity contribution >= 4 is 45.2 Å². The van der Waals surface area contributed by atoms with Gasteiger partial charge in [-0.05, 0) is 24.8 Å². The Labute approximate surface area is 151 Å². The van der Waals surface area contributed by atoms with Crippen molar-refractivity contribution in [1.82, 2.24) is 5.32 Å². The predicted octanol–water partition coefficient (Wildman–Crippen LogP) is 3.55. The van der Waals surface area contributed by atoms with E-state index in [9.17, 15) is 9.59 Å². The van der Waals surface area contributed by atoms with Crippen LogP contribution in [0.25, 0.3) is 10.8 Å². The minimum atomic E-state index is -0.433. The number of anilines is 1. The van der Waals surface area contributed by atoms with Crippen LogP contribution in [-0.2, 0) is 9.59 Å². The Balaban J connectivity index is 1.66. The predicted molar refractivity (Wildman–Crippen MR) is 104 cm³/mol. The fourth-order valence-electron chi connectivity index (χ4n) is 2.60. The van der Waals surface area contributed by atoms with Crippen LogP contribution in [0.1, 0.15) is 26.7 Å². The second-order valence-electron chi connectivity index (χ2n) is 6.07. The van der Waals surface area contributed by atoms with E-state index in [-0.39, 0.29) is 24.3 Å². The highest BCUT2D eigenvalue weighted by molar-refractivity contribution is 8.15. The quantitative estimate of drug-likeness (QED) is 0.861. The van der Waals surface area contributed by atoms with Crippen molar-refractivity contribution in [3.05, 3.63) is 42.5 Å². The van der Waals surface area contributed by atoms with Crippen LogP contribution in [0.2, 0.25) is 0 Å². The highest BCUT2D eigenvalue weighted by Gasteiger charge is 2.32. The molecule has 0 bridgehead atoms. The Kier molecular flexibility index (Phi) is 5.38. The normalized spacial score (nSPS) is 19.8. The van der Waals surface area contributed by atoms with E-state index in [1.54, 1.807) is 0 Å². The number of carbonyl (C=O) groups is 2. The van der Waals surface area contributed by atoms with E-state index < -0.39 is 5.25 Å². The van der Waals surface area contributed by atoms with Crippen molar-refractivity contribution in [2.24, 2.45) is 4.99 Å². The molecule has 2 aromatic rings. The van der Waals surface area contributed by atoms with Crippen LogP contribution in [0, 0.1) is 0 Å². The number of benzene rings is 2. The minimum Gasteiger partial charge on any atom is -0.325 e. The van der Waals surface area contributed by atoms with Gasteiger partial charge in [-0.3, -0.25) is 14.6 Å². The van der Waals surface area contributed by atoms with Crippen LogP contribution in [0.4, 0.5) is 5.69 Å². The van der Waals surface area contributed by atoms with Gasteiger partial charge in [-0.2, -0.15) is 0 Å². The molecular weight excluding hydrogens is 334 g/mol. The van der Waals surface area contributed by atoms with Gasteiger partial charge in [0.15, 0.2) is 5.17 Å². The van der Waals surface area contributed by atoms with Crippen molar-refractivity contribution in [3.8, 4) is 0 Å². The van der Waals surface area contributed by atoms with Crippen molar-refractivity contribution in [3.63, 3.8) is 0 Å². The van der Waals surface area contributed by atoms with Crippen LogP contribution < -0.4 is 10.6 Å². The summed E-state index contributed by atoms with van der Waals surface area (Å²) in [6.45, 7) is 4.05. The SMILES string of the molecule is CCC(C)N=C1NC(=O)C(CC(=O)Nc2cccc3ccccc23)S1. The lowest BCUT2D eigenvalue weighted by molar-refractivity contribution is -0.122. The lowest BCUT2D eigenvalue weighted by atomic mass is 10.1. The Morgan fingerprint density at radius 1 is 1.28 bits per heavy atom. The third kappa shape index (κ3) is 4.20. The number of hydrogen-bond donors (Lipinski definition) is 2. The number of nitrogens with one attached hydrogen (secondary N) is 2. The first-order chi connectivity index (χ1) is 12.1. The molecule has 1 aliphatic rings. The van der Waals surface area contributed by atoms with Crippen LogP contribution >= 0.6 is 11.8 Å². The summed E-state index contributed by atoms with van der Waals surface area (Å²) < 4.78 is 0. The molecule has 0 aromatic heterocycles. The topological polar surface area (TPSA) is 70.6 Å². The van der Waals surface area contributed by atoms with E-state index in [2.05, 4.69) is 15.6 Å². The third-order valence-corrected chi connectivity index (χ3v) is 5.24. The van der Waals surface area contributed by atoms with Gasteiger partial charge in [0.2, 0.25) is 11.8 Å². The molecule has 2 amide bonds. The first kappa shape index (κ1) is 17.5. The second kappa shape index (κ2) is 7.70. The molecule has 2 N–H and O–H groups in total. The Bertz CT molecular complexity index is 829. The number of fused-ring (bicyclic) bond motifs is 1. The van der Waals surface area contributed by atoms with Gasteiger partial charge in [0.05, 0.1) is 0 Å². The molecule has 25 heavy (non-hydrogen) atoms. The molecule has 130 valence electrons. The fraction of sp³-hybridized carbons (Fsp3) is 0.316. The molecule has 2 unspecified atom stereocenters. The number of thioether (sulfide) groups is 1. The summed E-state index contributed by atoms with van der Waals surface area (Å²) in [5.41, 5.74) is 0.764. The highest BCUT2D eigenvalue weighted by atomic mass is 32.2. The maximum absolute atomic E-state index is 12.4. The molecule has 1 heterocycles. The average Bonchev–Trinajstić information content (AvgIpc) is 2.94. The molecule has 0 saturated carbocycles. The molecule has 1 saturated heterocycles. The van der Waals surface area contributed by atoms with Gasteiger partial charge in [-0.1, -0.05) is 55.1 Å². The van der Waals surface area contributed by atoms with Gasteiger partial charge >= 0.3 is 0 Å². The van der Waals surface area contributed by atoms with Gasteiger partial charge in [0.25, 0.3) is 0 Å². The van der Waals surface area contributed by atoms with Gasteiger partial charge in [0.1, 0.15) is 5.25 Å². The molecule has 2 aromatic carbocycles. The number of nitrogens with zero attached hydrogens (tertiary/aromatic N) is 1. The number of carbonyl (C=O) groups excluding carboxylic acids is 2. The molecule has 5 nitrogen and oxygen atoms in total. The zero-order valence-corrected chi connectivity index (χ0v) is 15.1. The van der Waals surface area contributed by atoms with Crippen LogP contribution in [0.15, 0.2) is 47.5 Å². The molecule has 1 aliphatic heterocycles. The average molecular weight is 355 g/mol. The van der Waals surface area contributed by atoms with Gasteiger partial charge < -0.3 is 10.6 Å². The Morgan fingerprint density at radius 3 is 2.84 bits per heavy atom. The number of hydrogen-bond acceptors (Lipinski definition) is 4. The van der Waals surface area contributed by atoms with Crippen molar-refractivity contribution < 1.29 is 9.59 Å². The van der Waals surface area contributed by atoms with E-state index in [1.807, 2.05) is 56.3 Å². The summed E-state index contributed by atoms with van der Waals surface area (Å²) in [4.78, 5) is 28.9. The van der Waals surface area contributed by atoms with E-state index in [4.69, 9.17) is 0 Å². The van der Waals surface area contributed by atoms with E-state index in [0.29, 0.717) is 5.17 Å². The summed E-state index contributed by atoms with van der Waals surface area (Å²) in [7, 11) is 0. The summed E-state index contributed by atoms with van der Waals surface area (Å²) in [5.74, 6) is -0.325. The zero-order chi connectivity index (χ0) is 17.8. The summed E-state index contributed by atoms with van der Waals surface area (Å²) in [6, 6.07) is 13.8. The van der Waals surface area contributed by atoms with E-state index >= 15 is 0 Å². The van der Waals surface area contributed by atoms with Crippen molar-refractivity contribution in [2.75, 3.05) is 5.32 Å². The van der Waals surface area contributed by atoms with Crippen LogP contribution in [0.5, 0.6) is 0 Å². The number of rotatable bonds is 5. The molecule has 0 aliphatic carbocycles. The summed E-state index contributed by atoms with van der Waals surface area (Å²) in [5, 5.41) is 7.92. The largest absolute Gasteiger partial charge is 0.325 e. The fourth-order valence-corrected chi connectivity index (χ4v) is 3.67. The second-order valence-corrected chi connectivity index (χ2v) is 7.26. The van der Waals surface area contributed by atoms with E-state index in [1.165, 1.54) is 11.8 Å². The molecule has 3 rings (SSSR count).